The molecule has 0 saturated carbocycles. The van der Waals surface area contributed by atoms with Crippen LogP contribution in [0.5, 0.6) is 0 Å². The Bertz CT molecular complexity index is 401. The van der Waals surface area contributed by atoms with Crippen LogP contribution in [0.1, 0.15) is 26.0 Å². The zero-order valence-corrected chi connectivity index (χ0v) is 13.1. The lowest BCUT2D eigenvalue weighted by atomic mass is 10.2. The summed E-state index contributed by atoms with van der Waals surface area (Å²) in [6.07, 6.45) is 5.00. The molecule has 0 radical (unpaired) electrons. The Kier molecular flexibility index (Phi) is 5.31. The highest BCUT2D eigenvalue weighted by Crippen LogP contribution is 2.19. The van der Waals surface area contributed by atoms with Gasteiger partial charge < -0.3 is 15.1 Å². The van der Waals surface area contributed by atoms with Gasteiger partial charge in [0.2, 0.25) is 0 Å². The molecule has 1 atom stereocenters. The molecule has 1 fully saturated rings. The van der Waals surface area contributed by atoms with Gasteiger partial charge in [0.15, 0.2) is 0 Å². The molecule has 1 aromatic rings. The van der Waals surface area contributed by atoms with Gasteiger partial charge in [0, 0.05) is 25.7 Å². The highest BCUT2D eigenvalue weighted by atomic mass is 15.3. The molecule has 5 heteroatoms. The van der Waals surface area contributed by atoms with Gasteiger partial charge in [0.05, 0.1) is 18.1 Å². The van der Waals surface area contributed by atoms with Gasteiger partial charge in [-0.1, -0.05) is 13.8 Å². The third-order valence-corrected chi connectivity index (χ3v) is 3.77. The van der Waals surface area contributed by atoms with Gasteiger partial charge >= 0.3 is 0 Å². The smallest absolute Gasteiger partial charge is 0.147 e. The van der Waals surface area contributed by atoms with Crippen LogP contribution in [0.3, 0.4) is 0 Å². The highest BCUT2D eigenvalue weighted by molar-refractivity contribution is 5.37. The Labute approximate surface area is 122 Å². The van der Waals surface area contributed by atoms with Crippen LogP contribution in [-0.2, 0) is 6.54 Å². The van der Waals surface area contributed by atoms with Crippen LogP contribution in [0.15, 0.2) is 12.4 Å². The lowest BCUT2D eigenvalue weighted by molar-refractivity contribution is 0.315. The molecule has 1 N–H and O–H groups in total. The van der Waals surface area contributed by atoms with Crippen molar-refractivity contribution in [2.75, 3.05) is 38.6 Å². The first-order valence-electron chi connectivity index (χ1n) is 7.49. The van der Waals surface area contributed by atoms with Crippen molar-refractivity contribution < 1.29 is 0 Å². The third kappa shape index (κ3) is 4.15. The number of aromatic nitrogens is 2. The predicted molar refractivity (Wildman–Crippen MR) is 82.9 cm³/mol. The summed E-state index contributed by atoms with van der Waals surface area (Å²) in [5.41, 5.74) is 1.01. The van der Waals surface area contributed by atoms with Crippen LogP contribution >= 0.6 is 0 Å². The van der Waals surface area contributed by atoms with E-state index in [0.29, 0.717) is 12.0 Å². The minimum atomic E-state index is 0.629. The molecule has 1 aliphatic heterocycles. The van der Waals surface area contributed by atoms with Crippen LogP contribution in [-0.4, -0.2) is 54.6 Å². The van der Waals surface area contributed by atoms with Crippen molar-refractivity contribution in [3.63, 3.8) is 0 Å². The largest absolute Gasteiger partial charge is 0.354 e. The van der Waals surface area contributed by atoms with E-state index in [-0.39, 0.29) is 0 Å². The van der Waals surface area contributed by atoms with Gasteiger partial charge in [-0.15, -0.1) is 0 Å². The van der Waals surface area contributed by atoms with E-state index in [4.69, 9.17) is 0 Å². The molecule has 0 aromatic carbocycles. The molecular formula is C15H27N5. The fourth-order valence-electron chi connectivity index (χ4n) is 2.46. The Hall–Kier alpha value is -1.20. The molecule has 0 amide bonds. The minimum absolute atomic E-state index is 0.629. The van der Waals surface area contributed by atoms with Crippen LogP contribution < -0.4 is 10.2 Å². The number of nitrogens with one attached hydrogen (secondary N) is 1. The van der Waals surface area contributed by atoms with Gasteiger partial charge in [0.25, 0.3) is 0 Å². The second kappa shape index (κ2) is 6.99. The number of hydrogen-bond donors (Lipinski definition) is 1. The number of nitrogens with zero attached hydrogens (tertiary/aromatic N) is 4. The summed E-state index contributed by atoms with van der Waals surface area (Å²) in [5, 5.41) is 3.39. The predicted octanol–water partition coefficient (Wildman–Crippen LogP) is 1.36. The second-order valence-electron chi connectivity index (χ2n) is 6.24. The number of likely N-dealkylation sites (N-methyl/N-ethyl adjacent to an activating group) is 1. The summed E-state index contributed by atoms with van der Waals surface area (Å²) in [5.74, 6) is 1.66. The van der Waals surface area contributed by atoms with Gasteiger partial charge in [0.1, 0.15) is 5.82 Å². The molecule has 0 aliphatic carbocycles. The summed E-state index contributed by atoms with van der Waals surface area (Å²) >= 11 is 0. The monoisotopic (exact) mass is 277 g/mol. The van der Waals surface area contributed by atoms with Gasteiger partial charge in [-0.2, -0.15) is 0 Å². The van der Waals surface area contributed by atoms with Gasteiger partial charge in [-0.25, -0.2) is 4.98 Å². The number of hydrogen-bond acceptors (Lipinski definition) is 5. The van der Waals surface area contributed by atoms with E-state index in [1.165, 1.54) is 6.42 Å². The summed E-state index contributed by atoms with van der Waals surface area (Å²) in [4.78, 5) is 13.7. The molecule has 0 bridgehead atoms. The zero-order valence-electron chi connectivity index (χ0n) is 13.1. The Morgan fingerprint density at radius 3 is 2.70 bits per heavy atom. The highest BCUT2D eigenvalue weighted by Gasteiger charge is 2.24. The van der Waals surface area contributed by atoms with E-state index in [0.717, 1.165) is 37.7 Å². The van der Waals surface area contributed by atoms with E-state index >= 15 is 0 Å². The van der Waals surface area contributed by atoms with E-state index in [1.807, 2.05) is 12.4 Å². The van der Waals surface area contributed by atoms with E-state index in [2.05, 4.69) is 53.0 Å². The maximum atomic E-state index is 4.56. The van der Waals surface area contributed by atoms with Crippen molar-refractivity contribution in [2.45, 2.75) is 32.9 Å². The molecule has 2 rings (SSSR count). The summed E-state index contributed by atoms with van der Waals surface area (Å²) in [6.45, 7) is 8.34. The first-order chi connectivity index (χ1) is 9.56. The SMILES string of the molecule is CC(C)CNCc1cnc(N2CCC(N(C)C)C2)cn1. The lowest BCUT2D eigenvalue weighted by Crippen LogP contribution is -2.31. The lowest BCUT2D eigenvalue weighted by Gasteiger charge is -2.20. The fraction of sp³-hybridized carbons (Fsp3) is 0.733. The molecule has 20 heavy (non-hydrogen) atoms. The van der Waals surface area contributed by atoms with Crippen molar-refractivity contribution in [1.82, 2.24) is 20.2 Å². The standard InChI is InChI=1S/C15H27N5/c1-12(2)7-16-8-13-9-18-15(10-17-13)20-6-5-14(11-20)19(3)4/h9-10,12,14,16H,5-8,11H2,1-4H3. The molecule has 1 aromatic heterocycles. The van der Waals surface area contributed by atoms with Crippen LogP contribution in [0.25, 0.3) is 0 Å². The normalized spacial score (nSPS) is 19.3. The van der Waals surface area contributed by atoms with Crippen LogP contribution in [0.4, 0.5) is 5.82 Å². The van der Waals surface area contributed by atoms with E-state index in [9.17, 15) is 0 Å². The zero-order chi connectivity index (χ0) is 14.5. The maximum Gasteiger partial charge on any atom is 0.147 e. The Balaban J connectivity index is 1.85. The first kappa shape index (κ1) is 15.2. The Morgan fingerprint density at radius 2 is 2.15 bits per heavy atom. The average molecular weight is 277 g/mol. The third-order valence-electron chi connectivity index (χ3n) is 3.77. The molecule has 1 saturated heterocycles. The van der Waals surface area contributed by atoms with Crippen molar-refractivity contribution in [3.8, 4) is 0 Å². The van der Waals surface area contributed by atoms with Gasteiger partial charge in [-0.3, -0.25) is 4.98 Å². The van der Waals surface area contributed by atoms with E-state index in [1.54, 1.807) is 0 Å². The topological polar surface area (TPSA) is 44.3 Å². The van der Waals surface area contributed by atoms with Crippen molar-refractivity contribution >= 4 is 5.82 Å². The summed E-state index contributed by atoms with van der Waals surface area (Å²) < 4.78 is 0. The first-order valence-corrected chi connectivity index (χ1v) is 7.49. The maximum absolute atomic E-state index is 4.56. The van der Waals surface area contributed by atoms with Gasteiger partial charge in [-0.05, 0) is 33.0 Å². The number of anilines is 1. The summed E-state index contributed by atoms with van der Waals surface area (Å²) in [6, 6.07) is 0.629. The molecule has 0 spiro atoms. The van der Waals surface area contributed by atoms with Crippen molar-refractivity contribution in [3.05, 3.63) is 18.1 Å². The van der Waals surface area contributed by atoms with Crippen LogP contribution in [0.2, 0.25) is 0 Å². The van der Waals surface area contributed by atoms with Crippen LogP contribution in [0, 0.1) is 5.92 Å². The molecule has 112 valence electrons. The molecule has 1 unspecified atom stereocenters. The van der Waals surface area contributed by atoms with Crippen molar-refractivity contribution in [2.24, 2.45) is 5.92 Å². The molecule has 5 nitrogen and oxygen atoms in total. The van der Waals surface area contributed by atoms with E-state index < -0.39 is 0 Å². The van der Waals surface area contributed by atoms with Crippen molar-refractivity contribution in [1.29, 1.82) is 0 Å². The minimum Gasteiger partial charge on any atom is -0.354 e. The molecule has 1 aliphatic rings. The molecular weight excluding hydrogens is 250 g/mol. The number of rotatable bonds is 6. The quantitative estimate of drug-likeness (QED) is 0.850. The molecule has 2 heterocycles. The fourth-order valence-corrected chi connectivity index (χ4v) is 2.46. The summed E-state index contributed by atoms with van der Waals surface area (Å²) in [7, 11) is 4.28. The average Bonchev–Trinajstić information content (AvgIpc) is 2.89. The Morgan fingerprint density at radius 1 is 1.35 bits per heavy atom. The second-order valence-corrected chi connectivity index (χ2v) is 6.24.